The van der Waals surface area contributed by atoms with Crippen LogP contribution in [0.25, 0.3) is 0 Å². The van der Waals surface area contributed by atoms with Gasteiger partial charge in [0.05, 0.1) is 25.2 Å². The van der Waals surface area contributed by atoms with Crippen molar-refractivity contribution in [3.63, 3.8) is 0 Å². The summed E-state index contributed by atoms with van der Waals surface area (Å²) in [5.74, 6) is 0.151. The van der Waals surface area contributed by atoms with Crippen molar-refractivity contribution in [2.45, 2.75) is 37.8 Å². The summed E-state index contributed by atoms with van der Waals surface area (Å²) in [4.78, 5) is 14.6. The SMILES string of the molecule is O=C(C[C@H]1CCCO1)N(c1ccccc1)[C@H]1CCOC1. The summed E-state index contributed by atoms with van der Waals surface area (Å²) in [5.41, 5.74) is 0.964. The van der Waals surface area contributed by atoms with Crippen LogP contribution in [0.2, 0.25) is 0 Å². The quantitative estimate of drug-likeness (QED) is 0.847. The van der Waals surface area contributed by atoms with E-state index in [1.54, 1.807) is 0 Å². The Morgan fingerprint density at radius 2 is 2.05 bits per heavy atom. The fraction of sp³-hybridized carbons (Fsp3) is 0.562. The summed E-state index contributed by atoms with van der Waals surface area (Å²) in [6, 6.07) is 10.1. The molecule has 2 aliphatic heterocycles. The van der Waals surface area contributed by atoms with Crippen LogP contribution in [0.3, 0.4) is 0 Å². The topological polar surface area (TPSA) is 38.8 Å². The average Bonchev–Trinajstić information content (AvgIpc) is 3.14. The molecule has 0 N–H and O–H groups in total. The number of ether oxygens (including phenoxy) is 2. The normalized spacial score (nSPS) is 25.8. The molecular weight excluding hydrogens is 254 g/mol. The van der Waals surface area contributed by atoms with Crippen molar-refractivity contribution >= 4 is 11.6 Å². The van der Waals surface area contributed by atoms with E-state index in [-0.39, 0.29) is 18.1 Å². The second kappa shape index (κ2) is 6.37. The van der Waals surface area contributed by atoms with Gasteiger partial charge in [0.25, 0.3) is 0 Å². The van der Waals surface area contributed by atoms with Crippen LogP contribution < -0.4 is 4.90 Å². The Morgan fingerprint density at radius 1 is 1.20 bits per heavy atom. The molecule has 2 aliphatic rings. The summed E-state index contributed by atoms with van der Waals surface area (Å²) < 4.78 is 11.0. The Balaban J connectivity index is 1.75. The molecule has 0 bridgehead atoms. The Morgan fingerprint density at radius 3 is 2.70 bits per heavy atom. The van der Waals surface area contributed by atoms with Crippen molar-refractivity contribution in [1.29, 1.82) is 0 Å². The van der Waals surface area contributed by atoms with E-state index in [4.69, 9.17) is 9.47 Å². The molecule has 3 rings (SSSR count). The van der Waals surface area contributed by atoms with Crippen LogP contribution in [0.4, 0.5) is 5.69 Å². The largest absolute Gasteiger partial charge is 0.379 e. The number of nitrogens with zero attached hydrogens (tertiary/aromatic N) is 1. The Hall–Kier alpha value is -1.39. The predicted molar refractivity (Wildman–Crippen MR) is 76.7 cm³/mol. The maximum absolute atomic E-state index is 12.7. The third-order valence-electron chi connectivity index (χ3n) is 4.00. The number of carbonyl (C=O) groups excluding carboxylic acids is 1. The molecule has 1 aromatic carbocycles. The Kier molecular flexibility index (Phi) is 4.33. The zero-order valence-electron chi connectivity index (χ0n) is 11.7. The molecule has 2 atom stereocenters. The zero-order valence-corrected chi connectivity index (χ0v) is 11.7. The molecule has 4 nitrogen and oxygen atoms in total. The smallest absolute Gasteiger partial charge is 0.229 e. The first-order valence-electron chi connectivity index (χ1n) is 7.41. The minimum absolute atomic E-state index is 0.0935. The van der Waals surface area contributed by atoms with Gasteiger partial charge in [-0.05, 0) is 31.4 Å². The average molecular weight is 275 g/mol. The standard InChI is InChI=1S/C16H21NO3/c18-16(11-15-7-4-9-20-15)17(14-8-10-19-12-14)13-5-2-1-3-6-13/h1-3,5-6,14-15H,4,7-12H2/t14-,15+/m0/s1. The van der Waals surface area contributed by atoms with Gasteiger partial charge in [-0.25, -0.2) is 0 Å². The van der Waals surface area contributed by atoms with Gasteiger partial charge in [0.1, 0.15) is 0 Å². The fourth-order valence-electron chi connectivity index (χ4n) is 2.97. The summed E-state index contributed by atoms with van der Waals surface area (Å²) in [6.07, 6.45) is 3.54. The van der Waals surface area contributed by atoms with Gasteiger partial charge in [-0.2, -0.15) is 0 Å². The molecule has 108 valence electrons. The Labute approximate surface area is 119 Å². The molecule has 0 spiro atoms. The number of hydrogen-bond donors (Lipinski definition) is 0. The summed E-state index contributed by atoms with van der Waals surface area (Å²) in [5, 5.41) is 0. The van der Waals surface area contributed by atoms with Crippen LogP contribution in [-0.2, 0) is 14.3 Å². The lowest BCUT2D eigenvalue weighted by Gasteiger charge is -2.29. The molecule has 2 fully saturated rings. The molecule has 2 saturated heterocycles. The number of rotatable bonds is 4. The van der Waals surface area contributed by atoms with Gasteiger partial charge in [0, 0.05) is 18.9 Å². The first kappa shape index (κ1) is 13.6. The number of carbonyl (C=O) groups is 1. The maximum Gasteiger partial charge on any atom is 0.229 e. The van der Waals surface area contributed by atoms with E-state index in [2.05, 4.69) is 0 Å². The number of benzene rings is 1. The van der Waals surface area contributed by atoms with Gasteiger partial charge in [-0.3, -0.25) is 4.79 Å². The Bertz CT molecular complexity index is 436. The van der Waals surface area contributed by atoms with Crippen molar-refractivity contribution in [2.24, 2.45) is 0 Å². The van der Waals surface area contributed by atoms with Crippen molar-refractivity contribution in [2.75, 3.05) is 24.7 Å². The first-order valence-corrected chi connectivity index (χ1v) is 7.41. The second-order valence-corrected chi connectivity index (χ2v) is 5.46. The highest BCUT2D eigenvalue weighted by molar-refractivity contribution is 5.94. The van der Waals surface area contributed by atoms with E-state index >= 15 is 0 Å². The molecule has 0 saturated carbocycles. The molecule has 1 aromatic rings. The van der Waals surface area contributed by atoms with Gasteiger partial charge in [-0.15, -0.1) is 0 Å². The van der Waals surface area contributed by atoms with E-state index in [1.165, 1.54) is 0 Å². The van der Waals surface area contributed by atoms with Gasteiger partial charge in [0.2, 0.25) is 5.91 Å². The predicted octanol–water partition coefficient (Wildman–Crippen LogP) is 2.38. The van der Waals surface area contributed by atoms with E-state index in [0.717, 1.165) is 38.2 Å². The third kappa shape index (κ3) is 3.02. The van der Waals surface area contributed by atoms with Crippen molar-refractivity contribution in [3.05, 3.63) is 30.3 Å². The van der Waals surface area contributed by atoms with Gasteiger partial charge < -0.3 is 14.4 Å². The monoisotopic (exact) mass is 275 g/mol. The number of para-hydroxylation sites is 1. The lowest BCUT2D eigenvalue weighted by Crippen LogP contribution is -2.42. The lowest BCUT2D eigenvalue weighted by molar-refractivity contribution is -0.121. The second-order valence-electron chi connectivity index (χ2n) is 5.46. The minimum atomic E-state index is 0.0935. The molecule has 20 heavy (non-hydrogen) atoms. The third-order valence-corrected chi connectivity index (χ3v) is 4.00. The van der Waals surface area contributed by atoms with E-state index in [0.29, 0.717) is 13.0 Å². The van der Waals surface area contributed by atoms with E-state index < -0.39 is 0 Å². The lowest BCUT2D eigenvalue weighted by atomic mass is 10.1. The van der Waals surface area contributed by atoms with Crippen LogP contribution in [0.1, 0.15) is 25.7 Å². The molecular formula is C16H21NO3. The molecule has 2 heterocycles. The highest BCUT2D eigenvalue weighted by atomic mass is 16.5. The first-order chi connectivity index (χ1) is 9.84. The van der Waals surface area contributed by atoms with Crippen molar-refractivity contribution < 1.29 is 14.3 Å². The summed E-state index contributed by atoms with van der Waals surface area (Å²) in [7, 11) is 0. The van der Waals surface area contributed by atoms with Gasteiger partial charge >= 0.3 is 0 Å². The van der Waals surface area contributed by atoms with E-state index in [1.807, 2.05) is 35.2 Å². The van der Waals surface area contributed by atoms with Crippen LogP contribution in [0.15, 0.2) is 30.3 Å². The van der Waals surface area contributed by atoms with Crippen LogP contribution >= 0.6 is 0 Å². The van der Waals surface area contributed by atoms with Crippen LogP contribution in [0, 0.1) is 0 Å². The minimum Gasteiger partial charge on any atom is -0.379 e. The highest BCUT2D eigenvalue weighted by Crippen LogP contribution is 2.25. The molecule has 4 heteroatoms. The van der Waals surface area contributed by atoms with Crippen molar-refractivity contribution in [3.8, 4) is 0 Å². The molecule has 0 aromatic heterocycles. The molecule has 1 amide bonds. The molecule has 0 unspecified atom stereocenters. The maximum atomic E-state index is 12.7. The highest BCUT2D eigenvalue weighted by Gasteiger charge is 2.30. The zero-order chi connectivity index (χ0) is 13.8. The van der Waals surface area contributed by atoms with Gasteiger partial charge in [-0.1, -0.05) is 18.2 Å². The molecule has 0 aliphatic carbocycles. The number of hydrogen-bond acceptors (Lipinski definition) is 3. The summed E-state index contributed by atoms with van der Waals surface area (Å²) in [6.45, 7) is 2.16. The van der Waals surface area contributed by atoms with Gasteiger partial charge in [0.15, 0.2) is 0 Å². The number of anilines is 1. The fourth-order valence-corrected chi connectivity index (χ4v) is 2.97. The molecule has 0 radical (unpaired) electrons. The van der Waals surface area contributed by atoms with Crippen LogP contribution in [-0.4, -0.2) is 37.9 Å². The van der Waals surface area contributed by atoms with Crippen LogP contribution in [0.5, 0.6) is 0 Å². The van der Waals surface area contributed by atoms with Crippen molar-refractivity contribution in [1.82, 2.24) is 0 Å². The summed E-state index contributed by atoms with van der Waals surface area (Å²) >= 11 is 0. The van der Waals surface area contributed by atoms with E-state index in [9.17, 15) is 4.79 Å². The number of amides is 1.